The summed E-state index contributed by atoms with van der Waals surface area (Å²) in [5.74, 6) is -0.496. The van der Waals surface area contributed by atoms with Gasteiger partial charge < -0.3 is 5.11 Å². The number of hydrogen-bond acceptors (Lipinski definition) is 3. The zero-order valence-corrected chi connectivity index (χ0v) is 37.5. The van der Waals surface area contributed by atoms with E-state index in [1.165, 1.54) is 12.3 Å². The van der Waals surface area contributed by atoms with Gasteiger partial charge >= 0.3 is 0 Å². The molecule has 0 amide bonds. The number of para-hydroxylation sites is 1. The van der Waals surface area contributed by atoms with Crippen LogP contribution in [0.15, 0.2) is 194 Å². The molecular formula is C63H55N3O. The van der Waals surface area contributed by atoms with Crippen molar-refractivity contribution in [3.05, 3.63) is 216 Å². The highest BCUT2D eigenvalue weighted by Gasteiger charge is 2.25. The molecule has 328 valence electrons. The predicted molar refractivity (Wildman–Crippen MR) is 281 cm³/mol. The van der Waals surface area contributed by atoms with Gasteiger partial charge in [-0.05, 0) is 147 Å². The third-order valence-corrected chi connectivity index (χ3v) is 12.2. The third kappa shape index (κ3) is 8.36. The molecule has 0 unspecified atom stereocenters. The van der Waals surface area contributed by atoms with Gasteiger partial charge in [0.1, 0.15) is 11.6 Å². The number of hydrogen-bond donors (Lipinski definition) is 1. The summed E-state index contributed by atoms with van der Waals surface area (Å²) in [4.78, 5) is 10.3. The molecule has 0 radical (unpaired) electrons. The van der Waals surface area contributed by atoms with E-state index in [1.54, 1.807) is 6.07 Å². The first-order valence-electron chi connectivity index (χ1n) is 29.0. The number of phenolic OH excluding ortho intramolecular Hbond substituents is 1. The van der Waals surface area contributed by atoms with E-state index < -0.39 is 61.6 Å². The van der Waals surface area contributed by atoms with Gasteiger partial charge in [-0.1, -0.05) is 168 Å². The summed E-state index contributed by atoms with van der Waals surface area (Å²) in [6, 6.07) is 48.5. The van der Waals surface area contributed by atoms with Crippen molar-refractivity contribution in [2.75, 3.05) is 0 Å². The monoisotopic (exact) mass is 884 g/mol. The molecule has 0 bridgehead atoms. The van der Waals surface area contributed by atoms with E-state index in [1.807, 2.05) is 167 Å². The van der Waals surface area contributed by atoms with E-state index in [9.17, 15) is 9.22 Å². The van der Waals surface area contributed by atoms with Gasteiger partial charge in [0.25, 0.3) is 0 Å². The molecule has 4 nitrogen and oxygen atoms in total. The standard InChI is InChI=1S/C63H55N3O/c1-40(2)53-38-55(46-22-15-10-16-23-46)59(39-54(53)45-20-13-9-14-21-45)66-58-25-17-24-52(60(58)65-62(66)56-33-41(3)32-42(4)61(56)67)49-34-48(43-18-11-8-12-19-43)35-50(36-49)57-37-47(30-31-64-57)44-26-28-51(29-27-44)63(5,6)7/h8-40,67H,1-7H3/i5D3,6D3,7D3,26D,27D,28D,29D,40D. The van der Waals surface area contributed by atoms with E-state index in [-0.39, 0.29) is 16.9 Å². The second-order valence-electron chi connectivity index (χ2n) is 17.2. The van der Waals surface area contributed by atoms with Gasteiger partial charge in [-0.15, -0.1) is 0 Å². The lowest BCUT2D eigenvalue weighted by molar-refractivity contribution is 0.472. The molecule has 0 spiro atoms. The Morgan fingerprint density at radius 1 is 0.567 bits per heavy atom. The van der Waals surface area contributed by atoms with Crippen LogP contribution < -0.4 is 0 Å². The maximum Gasteiger partial charge on any atom is 0.149 e. The molecule has 0 atom stereocenters. The first-order chi connectivity index (χ1) is 38.1. The Hall–Kier alpha value is -7.82. The van der Waals surface area contributed by atoms with Gasteiger partial charge in [0.15, 0.2) is 0 Å². The lowest BCUT2D eigenvalue weighted by Crippen LogP contribution is -2.10. The van der Waals surface area contributed by atoms with Crippen molar-refractivity contribution >= 4 is 11.0 Å². The lowest BCUT2D eigenvalue weighted by Gasteiger charge is -2.22. The number of fused-ring (bicyclic) bond motifs is 1. The van der Waals surface area contributed by atoms with E-state index in [0.29, 0.717) is 50.4 Å². The number of pyridine rings is 1. The zero-order valence-electron chi connectivity index (χ0n) is 51.5. The van der Waals surface area contributed by atoms with Crippen LogP contribution in [0, 0.1) is 13.8 Å². The number of aryl methyl sites for hydroxylation is 2. The van der Waals surface area contributed by atoms with Crippen molar-refractivity contribution in [3.8, 4) is 89.7 Å². The molecule has 0 aliphatic rings. The molecule has 1 N–H and O–H groups in total. The van der Waals surface area contributed by atoms with E-state index in [2.05, 4.69) is 16.7 Å². The number of imidazole rings is 1. The van der Waals surface area contributed by atoms with Crippen LogP contribution in [-0.2, 0) is 5.41 Å². The molecule has 0 aliphatic carbocycles. The smallest absolute Gasteiger partial charge is 0.149 e. The fourth-order valence-corrected chi connectivity index (χ4v) is 8.90. The Labute approximate surface area is 414 Å². The highest BCUT2D eigenvalue weighted by Crippen LogP contribution is 2.45. The van der Waals surface area contributed by atoms with Crippen LogP contribution in [0.4, 0.5) is 0 Å². The molecule has 67 heavy (non-hydrogen) atoms. The first kappa shape index (κ1) is 29.7. The normalized spacial score (nSPS) is 15.5. The fraction of sp³-hybridized carbons (Fsp3) is 0.143. The summed E-state index contributed by atoms with van der Waals surface area (Å²) < 4.78 is 123. The third-order valence-electron chi connectivity index (χ3n) is 12.2. The molecule has 2 aromatic heterocycles. The summed E-state index contributed by atoms with van der Waals surface area (Å²) in [7, 11) is 0. The van der Waals surface area contributed by atoms with Crippen LogP contribution in [0.3, 0.4) is 0 Å². The molecule has 10 rings (SSSR count). The molecular weight excluding hydrogens is 815 g/mol. The topological polar surface area (TPSA) is 50.9 Å². The van der Waals surface area contributed by atoms with Gasteiger partial charge in [0.05, 0.1) is 33.5 Å². The van der Waals surface area contributed by atoms with Crippen molar-refractivity contribution in [3.63, 3.8) is 0 Å². The van der Waals surface area contributed by atoms with Gasteiger partial charge in [-0.25, -0.2) is 4.98 Å². The van der Waals surface area contributed by atoms with Crippen molar-refractivity contribution in [2.45, 2.75) is 59.6 Å². The summed E-state index contributed by atoms with van der Waals surface area (Å²) in [5, 5.41) is 12.1. The molecule has 0 aliphatic heterocycles. The van der Waals surface area contributed by atoms with Crippen LogP contribution in [0.1, 0.15) is 81.7 Å². The minimum Gasteiger partial charge on any atom is -0.507 e. The Balaban J connectivity index is 1.24. The second-order valence-corrected chi connectivity index (χ2v) is 17.2. The van der Waals surface area contributed by atoms with Crippen molar-refractivity contribution in [2.24, 2.45) is 0 Å². The maximum atomic E-state index is 12.1. The van der Waals surface area contributed by atoms with Crippen LogP contribution in [0.2, 0.25) is 0 Å². The SMILES string of the molecule is [2H]c1c([2H])c(C(C([2H])([2H])[2H])(C([2H])([2H])[2H])C([2H])([2H])[2H])c([2H])c([2H])c1-c1ccnc(-c2cc(-c3ccccc3)cc(-c3cccc4c3nc(-c3cc(C)cc(C)c3O)n4-c3cc(-c4ccccc4)c(C([2H])(C)C)cc3-c3ccccc3)c2)c1. The Morgan fingerprint density at radius 3 is 1.88 bits per heavy atom. The minimum absolute atomic E-state index is 0.0639. The number of benzene rings is 8. The van der Waals surface area contributed by atoms with E-state index >= 15 is 0 Å². The molecule has 10 aromatic rings. The number of rotatable bonds is 9. The largest absolute Gasteiger partial charge is 0.507 e. The molecule has 0 saturated carbocycles. The van der Waals surface area contributed by atoms with Gasteiger partial charge in [0.2, 0.25) is 0 Å². The van der Waals surface area contributed by atoms with Gasteiger partial charge in [-0.2, -0.15) is 0 Å². The van der Waals surface area contributed by atoms with Crippen LogP contribution in [0.5, 0.6) is 5.75 Å². The summed E-state index contributed by atoms with van der Waals surface area (Å²) >= 11 is 0. The number of nitrogens with zero attached hydrogens (tertiary/aromatic N) is 3. The predicted octanol–water partition coefficient (Wildman–Crippen LogP) is 16.8. The molecule has 0 fully saturated rings. The van der Waals surface area contributed by atoms with E-state index in [0.717, 1.165) is 50.2 Å². The van der Waals surface area contributed by atoms with Crippen LogP contribution >= 0.6 is 0 Å². The Bertz CT molecular complexity index is 4000. The Kier molecular flexibility index (Phi) is 7.76. The van der Waals surface area contributed by atoms with Crippen LogP contribution in [0.25, 0.3) is 95.0 Å². The quantitative estimate of drug-likeness (QED) is 0.157. The number of aromatic hydroxyl groups is 1. The molecule has 4 heteroatoms. The van der Waals surface area contributed by atoms with Crippen molar-refractivity contribution < 1.29 is 24.3 Å². The second kappa shape index (κ2) is 17.5. The highest BCUT2D eigenvalue weighted by molar-refractivity contribution is 5.99. The van der Waals surface area contributed by atoms with Gasteiger partial charge in [-0.3, -0.25) is 9.55 Å². The minimum atomic E-state index is -3.82. The fourth-order valence-electron chi connectivity index (χ4n) is 8.90. The zero-order chi connectivity index (χ0) is 58.3. The van der Waals surface area contributed by atoms with E-state index in [4.69, 9.17) is 25.0 Å². The van der Waals surface area contributed by atoms with Crippen molar-refractivity contribution in [1.29, 1.82) is 0 Å². The average Bonchev–Trinajstić information content (AvgIpc) is 3.97. The lowest BCUT2D eigenvalue weighted by atomic mass is 9.86. The summed E-state index contributed by atoms with van der Waals surface area (Å²) in [5.41, 5.74) is 7.12. The number of phenols is 1. The summed E-state index contributed by atoms with van der Waals surface area (Å²) in [6.07, 6.45) is 1.42. The Morgan fingerprint density at radius 2 is 1.21 bits per heavy atom. The summed E-state index contributed by atoms with van der Waals surface area (Å²) in [6.45, 7) is -3.89. The van der Waals surface area contributed by atoms with Crippen molar-refractivity contribution in [1.82, 2.24) is 14.5 Å². The molecule has 0 saturated heterocycles. The average molecular weight is 884 g/mol. The molecule has 8 aromatic carbocycles. The van der Waals surface area contributed by atoms with Gasteiger partial charge in [0, 0.05) is 36.6 Å². The van der Waals surface area contributed by atoms with Crippen LogP contribution in [-0.4, -0.2) is 19.6 Å². The molecule has 2 heterocycles. The number of aromatic nitrogens is 3. The maximum absolute atomic E-state index is 12.1. The first-order valence-corrected chi connectivity index (χ1v) is 22.0. The highest BCUT2D eigenvalue weighted by atomic mass is 16.3.